The number of nitrogens with zero attached hydrogens (tertiary/aromatic N) is 1. The van der Waals surface area contributed by atoms with Gasteiger partial charge in [0.2, 0.25) is 5.91 Å². The van der Waals surface area contributed by atoms with Crippen molar-refractivity contribution in [3.05, 3.63) is 47.2 Å². The molecule has 0 aromatic heterocycles. The number of aliphatic hydroxyl groups is 1. The average Bonchev–Trinajstić information content (AvgIpc) is 2.49. The van der Waals surface area contributed by atoms with Crippen LogP contribution in [0.1, 0.15) is 31.2 Å². The summed E-state index contributed by atoms with van der Waals surface area (Å²) in [7, 11) is 0. The molecule has 2 rings (SSSR count). The van der Waals surface area contributed by atoms with Crippen LogP contribution in [0.15, 0.2) is 46.7 Å². The monoisotopic (exact) mass is 300 g/mol. The van der Waals surface area contributed by atoms with Crippen LogP contribution in [-0.4, -0.2) is 36.1 Å². The zero-order chi connectivity index (χ0) is 15.9. The third kappa shape index (κ3) is 4.28. The van der Waals surface area contributed by atoms with Crippen molar-refractivity contribution in [2.45, 2.75) is 25.7 Å². The Bertz CT molecular complexity index is 606. The van der Waals surface area contributed by atoms with E-state index in [2.05, 4.69) is 10.3 Å². The number of carbonyl (C=O) groups excluding carboxylic acids is 2. The molecule has 116 valence electrons. The lowest BCUT2D eigenvalue weighted by Gasteiger charge is -2.22. The molecule has 5 nitrogen and oxygen atoms in total. The first kappa shape index (κ1) is 15.9. The van der Waals surface area contributed by atoms with Gasteiger partial charge in [0.1, 0.15) is 5.76 Å². The van der Waals surface area contributed by atoms with E-state index in [0.29, 0.717) is 25.9 Å². The highest BCUT2D eigenvalue weighted by Gasteiger charge is 2.27. The fourth-order valence-corrected chi connectivity index (χ4v) is 2.47. The summed E-state index contributed by atoms with van der Waals surface area (Å²) in [5, 5.41) is 12.7. The SMILES string of the molecule is CC(=O)NCCN=CC1=C(O)CC(c2ccccc2)CC1=O. The van der Waals surface area contributed by atoms with Crippen molar-refractivity contribution in [3.8, 4) is 0 Å². The van der Waals surface area contributed by atoms with Gasteiger partial charge in [0.05, 0.1) is 12.1 Å². The maximum absolute atomic E-state index is 12.2. The molecule has 1 aliphatic carbocycles. The lowest BCUT2D eigenvalue weighted by molar-refractivity contribution is -0.119. The van der Waals surface area contributed by atoms with E-state index in [1.807, 2.05) is 30.3 Å². The predicted octanol–water partition coefficient (Wildman–Crippen LogP) is 2.15. The van der Waals surface area contributed by atoms with Crippen molar-refractivity contribution in [3.63, 3.8) is 0 Å². The molecule has 1 aliphatic rings. The molecule has 0 spiro atoms. The van der Waals surface area contributed by atoms with Crippen molar-refractivity contribution >= 4 is 17.9 Å². The third-order valence-corrected chi connectivity index (χ3v) is 3.59. The molecule has 0 heterocycles. The molecule has 0 aliphatic heterocycles. The Hall–Kier alpha value is -2.43. The number of aliphatic hydroxyl groups excluding tert-OH is 1. The number of rotatable bonds is 5. The number of aliphatic imine (C=N–C) groups is 1. The maximum Gasteiger partial charge on any atom is 0.216 e. The van der Waals surface area contributed by atoms with E-state index in [0.717, 1.165) is 5.56 Å². The number of nitrogens with one attached hydrogen (secondary N) is 1. The van der Waals surface area contributed by atoms with Gasteiger partial charge in [0.25, 0.3) is 0 Å². The van der Waals surface area contributed by atoms with Gasteiger partial charge in [0.15, 0.2) is 5.78 Å². The van der Waals surface area contributed by atoms with Crippen LogP contribution in [0, 0.1) is 0 Å². The molecule has 1 unspecified atom stereocenters. The zero-order valence-corrected chi connectivity index (χ0v) is 12.6. The second kappa shape index (κ2) is 7.54. The molecule has 0 saturated heterocycles. The van der Waals surface area contributed by atoms with Gasteiger partial charge in [0, 0.05) is 32.5 Å². The molecule has 0 bridgehead atoms. The quantitative estimate of drug-likeness (QED) is 0.646. The molecule has 0 radical (unpaired) electrons. The van der Waals surface area contributed by atoms with Crippen LogP contribution in [-0.2, 0) is 9.59 Å². The molecule has 0 saturated carbocycles. The van der Waals surface area contributed by atoms with Crippen LogP contribution >= 0.6 is 0 Å². The van der Waals surface area contributed by atoms with Crippen LogP contribution in [0.2, 0.25) is 0 Å². The van der Waals surface area contributed by atoms with Gasteiger partial charge in [-0.3, -0.25) is 14.6 Å². The second-order valence-corrected chi connectivity index (χ2v) is 5.32. The largest absolute Gasteiger partial charge is 0.511 e. The molecular formula is C17H20N2O3. The smallest absolute Gasteiger partial charge is 0.216 e. The molecule has 1 amide bonds. The summed E-state index contributed by atoms with van der Waals surface area (Å²) in [5.74, 6) is -0.101. The molecule has 2 N–H and O–H groups in total. The van der Waals surface area contributed by atoms with Crippen LogP contribution in [0.4, 0.5) is 0 Å². The van der Waals surface area contributed by atoms with Gasteiger partial charge >= 0.3 is 0 Å². The molecular weight excluding hydrogens is 280 g/mol. The van der Waals surface area contributed by atoms with E-state index in [1.165, 1.54) is 13.1 Å². The Morgan fingerprint density at radius 2 is 2.09 bits per heavy atom. The van der Waals surface area contributed by atoms with Gasteiger partial charge in [-0.05, 0) is 11.5 Å². The summed E-state index contributed by atoms with van der Waals surface area (Å²) in [6.07, 6.45) is 2.24. The third-order valence-electron chi connectivity index (χ3n) is 3.59. The summed E-state index contributed by atoms with van der Waals surface area (Å²) in [6.45, 7) is 2.24. The van der Waals surface area contributed by atoms with Gasteiger partial charge in [-0.1, -0.05) is 30.3 Å². The summed E-state index contributed by atoms with van der Waals surface area (Å²) >= 11 is 0. The Morgan fingerprint density at radius 3 is 2.73 bits per heavy atom. The van der Waals surface area contributed by atoms with Crippen molar-refractivity contribution < 1.29 is 14.7 Å². The van der Waals surface area contributed by atoms with E-state index in [1.54, 1.807) is 0 Å². The van der Waals surface area contributed by atoms with E-state index >= 15 is 0 Å². The number of benzene rings is 1. The molecule has 1 aromatic rings. The summed E-state index contributed by atoms with van der Waals surface area (Å²) < 4.78 is 0. The average molecular weight is 300 g/mol. The van der Waals surface area contributed by atoms with Crippen molar-refractivity contribution in [1.82, 2.24) is 5.32 Å². The zero-order valence-electron chi connectivity index (χ0n) is 12.6. The minimum Gasteiger partial charge on any atom is -0.511 e. The topological polar surface area (TPSA) is 78.8 Å². The fourth-order valence-electron chi connectivity index (χ4n) is 2.47. The van der Waals surface area contributed by atoms with Crippen LogP contribution in [0.5, 0.6) is 0 Å². The first-order valence-corrected chi connectivity index (χ1v) is 7.32. The molecule has 5 heteroatoms. The van der Waals surface area contributed by atoms with Gasteiger partial charge in [-0.15, -0.1) is 0 Å². The highest BCUT2D eigenvalue weighted by molar-refractivity contribution is 6.14. The van der Waals surface area contributed by atoms with E-state index in [4.69, 9.17) is 0 Å². The minimum absolute atomic E-state index is 0.0187. The Labute approximate surface area is 129 Å². The fraction of sp³-hybridized carbons (Fsp3) is 0.353. The number of hydrogen-bond donors (Lipinski definition) is 2. The highest BCUT2D eigenvalue weighted by atomic mass is 16.3. The summed E-state index contributed by atoms with van der Waals surface area (Å²) in [4.78, 5) is 27.0. The van der Waals surface area contributed by atoms with Gasteiger partial charge in [-0.2, -0.15) is 0 Å². The summed E-state index contributed by atoms with van der Waals surface area (Å²) in [5.41, 5.74) is 1.35. The molecule has 1 aromatic carbocycles. The maximum atomic E-state index is 12.2. The van der Waals surface area contributed by atoms with Crippen LogP contribution in [0.3, 0.4) is 0 Å². The molecule has 1 atom stereocenters. The van der Waals surface area contributed by atoms with Crippen molar-refractivity contribution in [2.75, 3.05) is 13.1 Å². The van der Waals surface area contributed by atoms with Crippen LogP contribution in [0.25, 0.3) is 0 Å². The Balaban J connectivity index is 1.99. The lowest BCUT2D eigenvalue weighted by Crippen LogP contribution is -2.23. The minimum atomic E-state index is -0.114. The van der Waals surface area contributed by atoms with Gasteiger partial charge < -0.3 is 10.4 Å². The first-order chi connectivity index (χ1) is 10.6. The number of allylic oxidation sites excluding steroid dienone is 2. The van der Waals surface area contributed by atoms with Crippen molar-refractivity contribution in [2.24, 2.45) is 4.99 Å². The molecule has 0 fully saturated rings. The van der Waals surface area contributed by atoms with Crippen molar-refractivity contribution in [1.29, 1.82) is 0 Å². The lowest BCUT2D eigenvalue weighted by atomic mass is 9.83. The Morgan fingerprint density at radius 1 is 1.36 bits per heavy atom. The predicted molar refractivity (Wildman–Crippen MR) is 85.1 cm³/mol. The highest BCUT2D eigenvalue weighted by Crippen LogP contribution is 2.32. The number of Topliss-reactive ketones (excluding diaryl/α,β-unsaturated/α-hetero) is 1. The first-order valence-electron chi connectivity index (χ1n) is 7.32. The number of hydrogen-bond acceptors (Lipinski definition) is 4. The van der Waals surface area contributed by atoms with Gasteiger partial charge in [-0.25, -0.2) is 0 Å². The van der Waals surface area contributed by atoms with Crippen LogP contribution < -0.4 is 5.32 Å². The number of amides is 1. The Kier molecular flexibility index (Phi) is 5.47. The normalized spacial score (nSPS) is 18.8. The van der Waals surface area contributed by atoms with E-state index in [9.17, 15) is 14.7 Å². The second-order valence-electron chi connectivity index (χ2n) is 5.32. The van der Waals surface area contributed by atoms with E-state index < -0.39 is 0 Å². The number of carbonyl (C=O) groups is 2. The van der Waals surface area contributed by atoms with E-state index in [-0.39, 0.29) is 28.9 Å². The number of ketones is 1. The standard InChI is InChI=1S/C17H20N2O3/c1-12(20)19-8-7-18-11-15-16(21)9-14(10-17(15)22)13-5-3-2-4-6-13/h2-6,11,14,21H,7-10H2,1H3,(H,19,20). The molecule has 22 heavy (non-hydrogen) atoms. The summed E-state index contributed by atoms with van der Waals surface area (Å²) in [6, 6.07) is 9.73.